The zero-order valence-electron chi connectivity index (χ0n) is 12.9. The van der Waals surface area contributed by atoms with Crippen LogP contribution >= 0.6 is 0 Å². The molecule has 4 aliphatic heterocycles. The van der Waals surface area contributed by atoms with Crippen molar-refractivity contribution in [2.45, 2.75) is 31.3 Å². The van der Waals surface area contributed by atoms with Gasteiger partial charge in [-0.15, -0.1) is 0 Å². The molecule has 3 nitrogen and oxygen atoms in total. The Hall–Kier alpha value is -0.900. The fraction of sp³-hybridized carbons (Fsp3) is 0.667. The zero-order chi connectivity index (χ0) is 14.1. The second kappa shape index (κ2) is 6.07. The summed E-state index contributed by atoms with van der Waals surface area (Å²) >= 11 is 0. The van der Waals surface area contributed by atoms with Gasteiger partial charge in [-0.3, -0.25) is 4.90 Å². The van der Waals surface area contributed by atoms with E-state index >= 15 is 0 Å². The third-order valence-corrected chi connectivity index (χ3v) is 5.70. The van der Waals surface area contributed by atoms with Crippen LogP contribution in [0.15, 0.2) is 30.3 Å². The number of rotatable bonds is 3. The van der Waals surface area contributed by atoms with Gasteiger partial charge in [0.15, 0.2) is 0 Å². The van der Waals surface area contributed by atoms with Crippen molar-refractivity contribution in [3.8, 4) is 0 Å². The molecule has 2 unspecified atom stereocenters. The van der Waals surface area contributed by atoms with Crippen LogP contribution in [0.5, 0.6) is 0 Å². The lowest BCUT2D eigenvalue weighted by molar-refractivity contribution is -0.00620. The maximum Gasteiger partial charge on any atom is 0.0253 e. The number of nitrogens with one attached hydrogen (secondary N) is 1. The van der Waals surface area contributed by atoms with Gasteiger partial charge in [-0.1, -0.05) is 30.3 Å². The summed E-state index contributed by atoms with van der Waals surface area (Å²) in [6.07, 6.45) is 4.02. The summed E-state index contributed by atoms with van der Waals surface area (Å²) in [6.45, 7) is 7.63. The highest BCUT2D eigenvalue weighted by atomic mass is 15.3. The van der Waals surface area contributed by atoms with Crippen molar-refractivity contribution in [2.75, 3.05) is 39.3 Å². The van der Waals surface area contributed by atoms with Gasteiger partial charge >= 0.3 is 0 Å². The Balaban J connectivity index is 1.39. The minimum absolute atomic E-state index is 0.622. The van der Waals surface area contributed by atoms with Gasteiger partial charge in [0.25, 0.3) is 0 Å². The summed E-state index contributed by atoms with van der Waals surface area (Å²) in [7, 11) is 0. The van der Waals surface area contributed by atoms with Crippen LogP contribution in [-0.4, -0.2) is 61.2 Å². The summed E-state index contributed by atoms with van der Waals surface area (Å²) in [6, 6.07) is 12.4. The number of benzene rings is 1. The van der Waals surface area contributed by atoms with E-state index in [0.29, 0.717) is 6.04 Å². The molecule has 0 aliphatic carbocycles. The summed E-state index contributed by atoms with van der Waals surface area (Å²) in [5, 5.41) is 3.73. The van der Waals surface area contributed by atoms with E-state index in [2.05, 4.69) is 45.4 Å². The van der Waals surface area contributed by atoms with Gasteiger partial charge in [-0.25, -0.2) is 0 Å². The second-order valence-corrected chi connectivity index (χ2v) is 7.04. The maximum atomic E-state index is 3.73. The molecule has 1 aromatic rings. The van der Waals surface area contributed by atoms with Crippen LogP contribution in [0.1, 0.15) is 18.4 Å². The predicted molar refractivity (Wildman–Crippen MR) is 86.5 cm³/mol. The maximum absolute atomic E-state index is 3.73. The molecule has 2 bridgehead atoms. The van der Waals surface area contributed by atoms with E-state index in [9.17, 15) is 0 Å². The fourth-order valence-electron chi connectivity index (χ4n) is 4.54. The van der Waals surface area contributed by atoms with Crippen molar-refractivity contribution < 1.29 is 0 Å². The first-order valence-electron chi connectivity index (χ1n) is 8.62. The number of hydrogen-bond donors (Lipinski definition) is 1. The van der Waals surface area contributed by atoms with E-state index in [1.54, 1.807) is 0 Å². The standard InChI is InChI=1S/C18H27N3/c1-2-4-15(5-3-1)12-17-13-21(11-8-19-17)18-14-20-9-6-16(18)7-10-20/h1-5,16-19H,6-14H2. The Labute approximate surface area is 128 Å². The number of hydrogen-bond acceptors (Lipinski definition) is 3. The first kappa shape index (κ1) is 13.7. The van der Waals surface area contributed by atoms with E-state index in [4.69, 9.17) is 0 Å². The number of fused-ring (bicyclic) bond motifs is 3. The predicted octanol–water partition coefficient (Wildman–Crippen LogP) is 1.60. The van der Waals surface area contributed by atoms with Gasteiger partial charge in [0.05, 0.1) is 0 Å². The van der Waals surface area contributed by atoms with Crippen molar-refractivity contribution in [3.63, 3.8) is 0 Å². The Kier molecular flexibility index (Phi) is 3.97. The molecule has 5 rings (SSSR count). The molecule has 0 saturated carbocycles. The highest BCUT2D eigenvalue weighted by Gasteiger charge is 2.38. The average molecular weight is 285 g/mol. The number of piperazine rings is 1. The van der Waals surface area contributed by atoms with E-state index in [-0.39, 0.29) is 0 Å². The lowest BCUT2D eigenvalue weighted by Crippen LogP contribution is -2.62. The molecule has 4 aliphatic rings. The van der Waals surface area contributed by atoms with Crippen molar-refractivity contribution in [1.82, 2.24) is 15.1 Å². The van der Waals surface area contributed by atoms with E-state index < -0.39 is 0 Å². The average Bonchev–Trinajstić information content (AvgIpc) is 2.57. The quantitative estimate of drug-likeness (QED) is 0.910. The topological polar surface area (TPSA) is 18.5 Å². The minimum Gasteiger partial charge on any atom is -0.311 e. The molecule has 3 heteroatoms. The van der Waals surface area contributed by atoms with Crippen LogP contribution in [0.4, 0.5) is 0 Å². The normalized spacial score (nSPS) is 36.8. The Morgan fingerprint density at radius 2 is 1.81 bits per heavy atom. The van der Waals surface area contributed by atoms with Crippen molar-refractivity contribution in [3.05, 3.63) is 35.9 Å². The van der Waals surface area contributed by atoms with E-state index in [0.717, 1.165) is 18.5 Å². The van der Waals surface area contributed by atoms with Crippen molar-refractivity contribution in [2.24, 2.45) is 5.92 Å². The third-order valence-electron chi connectivity index (χ3n) is 5.70. The largest absolute Gasteiger partial charge is 0.311 e. The molecule has 4 heterocycles. The monoisotopic (exact) mass is 285 g/mol. The highest BCUT2D eigenvalue weighted by molar-refractivity contribution is 5.16. The molecule has 0 spiro atoms. The molecule has 0 aromatic heterocycles. The Morgan fingerprint density at radius 3 is 2.52 bits per heavy atom. The summed E-state index contributed by atoms with van der Waals surface area (Å²) < 4.78 is 0. The molecule has 0 amide bonds. The molecular formula is C18H27N3. The molecule has 4 fully saturated rings. The summed E-state index contributed by atoms with van der Waals surface area (Å²) in [5.74, 6) is 0.963. The van der Waals surface area contributed by atoms with E-state index in [1.807, 2.05) is 0 Å². The Bertz CT molecular complexity index is 453. The minimum atomic E-state index is 0.622. The molecule has 114 valence electrons. The smallest absolute Gasteiger partial charge is 0.0253 e. The number of piperidine rings is 3. The van der Waals surface area contributed by atoms with Gasteiger partial charge < -0.3 is 10.2 Å². The molecule has 4 saturated heterocycles. The first-order valence-corrected chi connectivity index (χ1v) is 8.62. The Morgan fingerprint density at radius 1 is 1.00 bits per heavy atom. The molecular weight excluding hydrogens is 258 g/mol. The van der Waals surface area contributed by atoms with Gasteiger partial charge in [-0.05, 0) is 43.8 Å². The summed E-state index contributed by atoms with van der Waals surface area (Å²) in [5.41, 5.74) is 1.46. The summed E-state index contributed by atoms with van der Waals surface area (Å²) in [4.78, 5) is 5.47. The van der Waals surface area contributed by atoms with Crippen LogP contribution in [0.2, 0.25) is 0 Å². The SMILES string of the molecule is c1ccc(CC2CN(C3CN4CCC3CC4)CCN2)cc1. The number of nitrogens with zero attached hydrogens (tertiary/aromatic N) is 2. The zero-order valence-corrected chi connectivity index (χ0v) is 12.9. The van der Waals surface area contributed by atoms with E-state index in [1.165, 1.54) is 57.5 Å². The van der Waals surface area contributed by atoms with Crippen LogP contribution < -0.4 is 5.32 Å². The van der Waals surface area contributed by atoms with Crippen LogP contribution in [0.25, 0.3) is 0 Å². The van der Waals surface area contributed by atoms with Crippen molar-refractivity contribution in [1.29, 1.82) is 0 Å². The molecule has 21 heavy (non-hydrogen) atoms. The molecule has 1 N–H and O–H groups in total. The molecule has 0 radical (unpaired) electrons. The van der Waals surface area contributed by atoms with Crippen LogP contribution in [0.3, 0.4) is 0 Å². The highest BCUT2D eigenvalue weighted by Crippen LogP contribution is 2.31. The fourth-order valence-corrected chi connectivity index (χ4v) is 4.54. The lowest BCUT2D eigenvalue weighted by Gasteiger charge is -2.51. The van der Waals surface area contributed by atoms with Gasteiger partial charge in [0.2, 0.25) is 0 Å². The molecule has 1 aromatic carbocycles. The van der Waals surface area contributed by atoms with Crippen molar-refractivity contribution >= 4 is 0 Å². The first-order chi connectivity index (χ1) is 10.4. The van der Waals surface area contributed by atoms with Crippen LogP contribution in [-0.2, 0) is 6.42 Å². The van der Waals surface area contributed by atoms with Gasteiger partial charge in [-0.2, -0.15) is 0 Å². The molecule has 2 atom stereocenters. The third kappa shape index (κ3) is 3.01. The van der Waals surface area contributed by atoms with Gasteiger partial charge in [0, 0.05) is 38.3 Å². The lowest BCUT2D eigenvalue weighted by atomic mass is 9.82. The second-order valence-electron chi connectivity index (χ2n) is 7.04. The van der Waals surface area contributed by atoms with Crippen LogP contribution in [0, 0.1) is 5.92 Å². The van der Waals surface area contributed by atoms with Gasteiger partial charge in [0.1, 0.15) is 0 Å².